The summed E-state index contributed by atoms with van der Waals surface area (Å²) in [4.78, 5) is 13.9. The van der Waals surface area contributed by atoms with E-state index in [4.69, 9.17) is 0 Å². The van der Waals surface area contributed by atoms with Gasteiger partial charge in [0.1, 0.15) is 0 Å². The summed E-state index contributed by atoms with van der Waals surface area (Å²) in [7, 11) is 2.20. The molecule has 0 aliphatic heterocycles. The highest BCUT2D eigenvalue weighted by molar-refractivity contribution is 4.93. The minimum Gasteiger partial charge on any atom is -0.314 e. The van der Waals surface area contributed by atoms with Crippen molar-refractivity contribution < 1.29 is 0 Å². The molecule has 1 aromatic rings. The van der Waals surface area contributed by atoms with Crippen LogP contribution in [-0.2, 0) is 6.54 Å². The Balaban J connectivity index is 1.66. The Morgan fingerprint density at radius 1 is 1.50 bits per heavy atom. The number of aromatic nitrogens is 1. The fraction of sp³-hybridized carbons (Fsp3) is 0.643. The largest absolute Gasteiger partial charge is 0.314 e. The SMILES string of the molecule is CC(CNCCn1ccccc1=O)N(C)C1CC1. The fourth-order valence-electron chi connectivity index (χ4n) is 2.14. The van der Waals surface area contributed by atoms with Gasteiger partial charge in [0.05, 0.1) is 0 Å². The third-order valence-corrected chi connectivity index (χ3v) is 3.69. The molecule has 100 valence electrons. The number of hydrogen-bond donors (Lipinski definition) is 1. The summed E-state index contributed by atoms with van der Waals surface area (Å²) < 4.78 is 1.74. The van der Waals surface area contributed by atoms with Crippen LogP contribution in [0, 0.1) is 0 Å². The molecule has 1 fully saturated rings. The lowest BCUT2D eigenvalue weighted by Crippen LogP contribution is -2.40. The van der Waals surface area contributed by atoms with Gasteiger partial charge in [-0.15, -0.1) is 0 Å². The summed E-state index contributed by atoms with van der Waals surface area (Å²) in [6, 6.07) is 6.64. The molecule has 1 saturated carbocycles. The smallest absolute Gasteiger partial charge is 0.250 e. The summed E-state index contributed by atoms with van der Waals surface area (Å²) in [6.45, 7) is 4.81. The summed E-state index contributed by atoms with van der Waals surface area (Å²) in [6.07, 6.45) is 4.53. The Hall–Kier alpha value is -1.13. The van der Waals surface area contributed by atoms with Crippen LogP contribution < -0.4 is 10.9 Å². The van der Waals surface area contributed by atoms with Crippen molar-refractivity contribution in [1.82, 2.24) is 14.8 Å². The van der Waals surface area contributed by atoms with Gasteiger partial charge in [-0.2, -0.15) is 0 Å². The van der Waals surface area contributed by atoms with Crippen LogP contribution in [0.5, 0.6) is 0 Å². The summed E-state index contributed by atoms with van der Waals surface area (Å²) in [5, 5.41) is 3.42. The van der Waals surface area contributed by atoms with Crippen LogP contribution in [0.4, 0.5) is 0 Å². The van der Waals surface area contributed by atoms with E-state index in [2.05, 4.69) is 24.2 Å². The Labute approximate surface area is 109 Å². The second kappa shape index (κ2) is 6.16. The van der Waals surface area contributed by atoms with Crippen LogP contribution in [0.2, 0.25) is 0 Å². The second-order valence-electron chi connectivity index (χ2n) is 5.18. The maximum atomic E-state index is 11.5. The Kier molecular flexibility index (Phi) is 4.55. The monoisotopic (exact) mass is 249 g/mol. The molecule has 1 N–H and O–H groups in total. The first-order valence-electron chi connectivity index (χ1n) is 6.76. The summed E-state index contributed by atoms with van der Waals surface area (Å²) >= 11 is 0. The van der Waals surface area contributed by atoms with Crippen LogP contribution in [0.25, 0.3) is 0 Å². The van der Waals surface area contributed by atoms with Gasteiger partial charge in [-0.25, -0.2) is 0 Å². The van der Waals surface area contributed by atoms with E-state index in [0.717, 1.165) is 25.7 Å². The number of pyridine rings is 1. The lowest BCUT2D eigenvalue weighted by Gasteiger charge is -2.24. The molecule has 4 nitrogen and oxygen atoms in total. The van der Waals surface area contributed by atoms with Crippen molar-refractivity contribution in [3.05, 3.63) is 34.7 Å². The van der Waals surface area contributed by atoms with E-state index < -0.39 is 0 Å². The predicted octanol–water partition coefficient (Wildman–Crippen LogP) is 0.921. The predicted molar refractivity (Wildman–Crippen MR) is 73.8 cm³/mol. The van der Waals surface area contributed by atoms with Crippen molar-refractivity contribution in [2.75, 3.05) is 20.1 Å². The van der Waals surface area contributed by atoms with Gasteiger partial charge in [-0.1, -0.05) is 6.07 Å². The van der Waals surface area contributed by atoms with Crippen LogP contribution in [0.15, 0.2) is 29.2 Å². The average Bonchev–Trinajstić information content (AvgIpc) is 3.19. The molecule has 0 aromatic carbocycles. The van der Waals surface area contributed by atoms with E-state index in [1.807, 2.05) is 12.3 Å². The van der Waals surface area contributed by atoms with Gasteiger partial charge in [-0.05, 0) is 32.9 Å². The van der Waals surface area contributed by atoms with Gasteiger partial charge in [0.15, 0.2) is 0 Å². The first kappa shape index (κ1) is 13.3. The van der Waals surface area contributed by atoms with E-state index in [0.29, 0.717) is 6.04 Å². The van der Waals surface area contributed by atoms with Crippen molar-refractivity contribution >= 4 is 0 Å². The second-order valence-corrected chi connectivity index (χ2v) is 5.18. The Morgan fingerprint density at radius 3 is 2.94 bits per heavy atom. The number of rotatable bonds is 7. The molecule has 0 radical (unpaired) electrons. The molecule has 1 unspecified atom stereocenters. The molecule has 0 saturated heterocycles. The minimum atomic E-state index is 0.0717. The minimum absolute atomic E-state index is 0.0717. The number of nitrogens with one attached hydrogen (secondary N) is 1. The molecule has 0 amide bonds. The molecule has 0 spiro atoms. The summed E-state index contributed by atoms with van der Waals surface area (Å²) in [5.41, 5.74) is 0.0717. The van der Waals surface area contributed by atoms with Crippen LogP contribution in [0.3, 0.4) is 0 Å². The Bertz CT molecular complexity index is 425. The standard InChI is InChI=1S/C14H23N3O/c1-12(16(2)13-6-7-13)11-15-8-10-17-9-4-3-5-14(17)18/h3-5,9,12-13,15H,6-8,10-11H2,1-2H3. The highest BCUT2D eigenvalue weighted by Crippen LogP contribution is 2.26. The molecule has 2 rings (SSSR count). The Morgan fingerprint density at radius 2 is 2.28 bits per heavy atom. The number of hydrogen-bond acceptors (Lipinski definition) is 3. The first-order valence-corrected chi connectivity index (χ1v) is 6.76. The summed E-state index contributed by atoms with van der Waals surface area (Å²) in [5.74, 6) is 0. The molecular weight excluding hydrogens is 226 g/mol. The molecule has 1 aliphatic rings. The maximum absolute atomic E-state index is 11.5. The van der Waals surface area contributed by atoms with E-state index in [1.165, 1.54) is 12.8 Å². The topological polar surface area (TPSA) is 37.3 Å². The van der Waals surface area contributed by atoms with Gasteiger partial charge >= 0.3 is 0 Å². The van der Waals surface area contributed by atoms with Crippen LogP contribution >= 0.6 is 0 Å². The lowest BCUT2D eigenvalue weighted by atomic mass is 10.3. The zero-order valence-electron chi connectivity index (χ0n) is 11.3. The van der Waals surface area contributed by atoms with Gasteiger partial charge in [0.25, 0.3) is 5.56 Å². The highest BCUT2D eigenvalue weighted by Gasteiger charge is 2.28. The van der Waals surface area contributed by atoms with Gasteiger partial charge < -0.3 is 9.88 Å². The third kappa shape index (κ3) is 3.68. The van der Waals surface area contributed by atoms with Gasteiger partial charge in [0.2, 0.25) is 0 Å². The van der Waals surface area contributed by atoms with Gasteiger partial charge in [0, 0.05) is 44.0 Å². The fourth-order valence-corrected chi connectivity index (χ4v) is 2.14. The lowest BCUT2D eigenvalue weighted by molar-refractivity contribution is 0.241. The van der Waals surface area contributed by atoms with Crippen molar-refractivity contribution in [2.45, 2.75) is 38.4 Å². The quantitative estimate of drug-likeness (QED) is 0.730. The molecule has 18 heavy (non-hydrogen) atoms. The van der Waals surface area contributed by atoms with Crippen LogP contribution in [-0.4, -0.2) is 41.7 Å². The van der Waals surface area contributed by atoms with Crippen molar-refractivity contribution in [3.8, 4) is 0 Å². The molecule has 1 atom stereocenters. The molecule has 0 bridgehead atoms. The number of likely N-dealkylation sites (N-methyl/N-ethyl adjacent to an activating group) is 1. The molecular formula is C14H23N3O. The maximum Gasteiger partial charge on any atom is 0.250 e. The van der Waals surface area contributed by atoms with E-state index in [1.54, 1.807) is 16.7 Å². The zero-order chi connectivity index (χ0) is 13.0. The molecule has 1 aliphatic carbocycles. The molecule has 4 heteroatoms. The van der Waals surface area contributed by atoms with E-state index in [-0.39, 0.29) is 5.56 Å². The number of nitrogens with zero attached hydrogens (tertiary/aromatic N) is 2. The highest BCUT2D eigenvalue weighted by atomic mass is 16.1. The van der Waals surface area contributed by atoms with E-state index >= 15 is 0 Å². The van der Waals surface area contributed by atoms with Crippen LogP contribution in [0.1, 0.15) is 19.8 Å². The zero-order valence-corrected chi connectivity index (χ0v) is 11.3. The van der Waals surface area contributed by atoms with E-state index in [9.17, 15) is 4.79 Å². The average molecular weight is 249 g/mol. The first-order chi connectivity index (χ1) is 8.68. The van der Waals surface area contributed by atoms with Crippen molar-refractivity contribution in [1.29, 1.82) is 0 Å². The van der Waals surface area contributed by atoms with Crippen molar-refractivity contribution in [2.24, 2.45) is 0 Å². The van der Waals surface area contributed by atoms with Crippen molar-refractivity contribution in [3.63, 3.8) is 0 Å². The normalized spacial score (nSPS) is 17.1. The molecule has 1 aromatic heterocycles. The van der Waals surface area contributed by atoms with Gasteiger partial charge in [-0.3, -0.25) is 9.69 Å². The third-order valence-electron chi connectivity index (χ3n) is 3.69. The molecule has 1 heterocycles.